The predicted molar refractivity (Wildman–Crippen MR) is 89.0 cm³/mol. The fourth-order valence-corrected chi connectivity index (χ4v) is 3.22. The van der Waals surface area contributed by atoms with Gasteiger partial charge in [-0.2, -0.15) is 5.10 Å². The van der Waals surface area contributed by atoms with Crippen LogP contribution in [0.15, 0.2) is 41.2 Å². The van der Waals surface area contributed by atoms with Gasteiger partial charge in [-0.05, 0) is 18.2 Å². The smallest absolute Gasteiger partial charge is 0.272 e. The number of carbonyl (C=O) groups excluding carboxylic acids is 1. The van der Waals surface area contributed by atoms with Crippen LogP contribution in [0.4, 0.5) is 0 Å². The fraction of sp³-hybridized carbons (Fsp3) is 0.133. The number of aliphatic hydroxyl groups excluding tert-OH is 1. The molecular formula is C15H12ClN3O3S. The second-order valence-corrected chi connectivity index (χ2v) is 6.56. The molecule has 0 fully saturated rings. The topological polar surface area (TPSA) is 95.1 Å². The highest BCUT2D eigenvalue weighted by atomic mass is 35.5. The highest BCUT2D eigenvalue weighted by Gasteiger charge is 2.16. The monoisotopic (exact) mass is 349 g/mol. The van der Waals surface area contributed by atoms with Gasteiger partial charge in [-0.3, -0.25) is 9.59 Å². The van der Waals surface area contributed by atoms with Crippen molar-refractivity contribution in [3.05, 3.63) is 61.7 Å². The molecule has 0 aliphatic heterocycles. The van der Waals surface area contributed by atoms with E-state index in [1.54, 1.807) is 36.4 Å². The first-order chi connectivity index (χ1) is 11.1. The highest BCUT2D eigenvalue weighted by Crippen LogP contribution is 2.26. The summed E-state index contributed by atoms with van der Waals surface area (Å²) in [6, 6.07) is 10.1. The quantitative estimate of drug-likeness (QED) is 0.672. The molecular weight excluding hydrogens is 338 g/mol. The average Bonchev–Trinajstić information content (AvgIpc) is 2.99. The van der Waals surface area contributed by atoms with Crippen molar-refractivity contribution in [2.75, 3.05) is 6.54 Å². The van der Waals surface area contributed by atoms with Crippen molar-refractivity contribution < 1.29 is 9.90 Å². The molecule has 0 aliphatic carbocycles. The van der Waals surface area contributed by atoms with Gasteiger partial charge in [0, 0.05) is 16.8 Å². The highest BCUT2D eigenvalue weighted by molar-refractivity contribution is 7.16. The summed E-state index contributed by atoms with van der Waals surface area (Å²) in [5.41, 5.74) is -0.248. The average molecular weight is 350 g/mol. The van der Waals surface area contributed by atoms with E-state index in [9.17, 15) is 14.7 Å². The van der Waals surface area contributed by atoms with Gasteiger partial charge >= 0.3 is 0 Å². The molecule has 0 saturated carbocycles. The Kier molecular flexibility index (Phi) is 4.42. The van der Waals surface area contributed by atoms with E-state index < -0.39 is 12.0 Å². The predicted octanol–water partition coefficient (Wildman–Crippen LogP) is 2.10. The maximum atomic E-state index is 12.3. The van der Waals surface area contributed by atoms with Gasteiger partial charge < -0.3 is 10.4 Å². The summed E-state index contributed by atoms with van der Waals surface area (Å²) in [5, 5.41) is 19.6. The Balaban J connectivity index is 1.79. The number of thiophene rings is 1. The minimum atomic E-state index is -0.856. The molecule has 1 atom stereocenters. The van der Waals surface area contributed by atoms with Crippen LogP contribution in [0, 0.1) is 0 Å². The molecule has 0 spiro atoms. The summed E-state index contributed by atoms with van der Waals surface area (Å²) in [7, 11) is 0. The van der Waals surface area contributed by atoms with Crippen LogP contribution in [0.2, 0.25) is 4.34 Å². The minimum absolute atomic E-state index is 0.0187. The van der Waals surface area contributed by atoms with E-state index >= 15 is 0 Å². The summed E-state index contributed by atoms with van der Waals surface area (Å²) in [6.45, 7) is 0.0187. The first-order valence-corrected chi connectivity index (χ1v) is 7.94. The number of H-pyrrole nitrogens is 1. The lowest BCUT2D eigenvalue weighted by Gasteiger charge is -2.10. The molecule has 2 heterocycles. The second kappa shape index (κ2) is 6.49. The molecule has 3 N–H and O–H groups in total. The normalized spacial score (nSPS) is 12.3. The van der Waals surface area contributed by atoms with Gasteiger partial charge in [0.1, 0.15) is 6.10 Å². The van der Waals surface area contributed by atoms with E-state index in [0.717, 1.165) is 0 Å². The number of rotatable bonds is 4. The number of halogens is 1. The van der Waals surface area contributed by atoms with Crippen LogP contribution in [-0.2, 0) is 0 Å². The van der Waals surface area contributed by atoms with E-state index in [-0.39, 0.29) is 17.8 Å². The number of nitrogens with one attached hydrogen (secondary N) is 2. The van der Waals surface area contributed by atoms with Gasteiger partial charge in [-0.25, -0.2) is 5.10 Å². The molecule has 0 unspecified atom stereocenters. The van der Waals surface area contributed by atoms with Crippen molar-refractivity contribution in [1.82, 2.24) is 15.5 Å². The van der Waals surface area contributed by atoms with Crippen LogP contribution in [0.1, 0.15) is 21.5 Å². The van der Waals surface area contributed by atoms with Gasteiger partial charge in [0.15, 0.2) is 5.69 Å². The number of benzene rings is 1. The Labute approximate surface area is 139 Å². The Morgan fingerprint density at radius 1 is 1.30 bits per heavy atom. The lowest BCUT2D eigenvalue weighted by Crippen LogP contribution is -2.30. The number of hydrogen-bond donors (Lipinski definition) is 3. The molecule has 3 aromatic rings. The lowest BCUT2D eigenvalue weighted by atomic mass is 10.1. The van der Waals surface area contributed by atoms with Gasteiger partial charge in [0.2, 0.25) is 0 Å². The van der Waals surface area contributed by atoms with E-state index in [4.69, 9.17) is 11.6 Å². The van der Waals surface area contributed by atoms with Crippen LogP contribution in [0.5, 0.6) is 0 Å². The zero-order chi connectivity index (χ0) is 16.4. The molecule has 6 nitrogen and oxygen atoms in total. The number of nitrogens with zero attached hydrogens (tertiary/aromatic N) is 1. The summed E-state index contributed by atoms with van der Waals surface area (Å²) in [6.07, 6.45) is -0.856. The Morgan fingerprint density at radius 3 is 2.74 bits per heavy atom. The first kappa shape index (κ1) is 15.7. The first-order valence-electron chi connectivity index (χ1n) is 6.75. The van der Waals surface area contributed by atoms with E-state index in [1.165, 1.54) is 11.3 Å². The zero-order valence-electron chi connectivity index (χ0n) is 11.7. The summed E-state index contributed by atoms with van der Waals surface area (Å²) >= 11 is 7.07. The van der Waals surface area contributed by atoms with Gasteiger partial charge in [-0.1, -0.05) is 29.8 Å². The van der Waals surface area contributed by atoms with Crippen molar-refractivity contribution in [1.29, 1.82) is 0 Å². The number of fused-ring (bicyclic) bond motifs is 1. The van der Waals surface area contributed by atoms with Crippen molar-refractivity contribution in [3.8, 4) is 0 Å². The fourth-order valence-electron chi connectivity index (χ4n) is 2.17. The molecule has 2 aromatic heterocycles. The number of aromatic nitrogens is 2. The lowest BCUT2D eigenvalue weighted by molar-refractivity contribution is 0.0914. The van der Waals surface area contributed by atoms with Crippen LogP contribution in [-0.4, -0.2) is 27.8 Å². The largest absolute Gasteiger partial charge is 0.386 e. The van der Waals surface area contributed by atoms with Crippen molar-refractivity contribution in [3.63, 3.8) is 0 Å². The molecule has 0 aliphatic rings. The van der Waals surface area contributed by atoms with E-state index in [1.807, 2.05) is 0 Å². The minimum Gasteiger partial charge on any atom is -0.386 e. The van der Waals surface area contributed by atoms with Gasteiger partial charge in [0.05, 0.1) is 9.72 Å². The maximum Gasteiger partial charge on any atom is 0.272 e. The third-order valence-corrected chi connectivity index (χ3v) is 4.62. The third-order valence-electron chi connectivity index (χ3n) is 3.29. The molecule has 23 heavy (non-hydrogen) atoms. The maximum absolute atomic E-state index is 12.3. The molecule has 8 heteroatoms. The third kappa shape index (κ3) is 3.26. The second-order valence-electron chi connectivity index (χ2n) is 4.81. The number of carbonyl (C=O) groups is 1. The molecule has 1 aromatic carbocycles. The zero-order valence-corrected chi connectivity index (χ0v) is 13.3. The van der Waals surface area contributed by atoms with E-state index in [2.05, 4.69) is 15.5 Å². The summed E-state index contributed by atoms with van der Waals surface area (Å²) in [5.74, 6) is -0.473. The Morgan fingerprint density at radius 2 is 2.04 bits per heavy atom. The molecule has 3 rings (SSSR count). The SMILES string of the molecule is O=C(NC[C@@H](O)c1ccc(Cl)s1)c1n[nH]c(=O)c2ccccc12. The molecule has 0 radical (unpaired) electrons. The number of aliphatic hydroxyl groups is 1. The van der Waals surface area contributed by atoms with Crippen molar-refractivity contribution in [2.45, 2.75) is 6.10 Å². The van der Waals surface area contributed by atoms with Crippen LogP contribution < -0.4 is 10.9 Å². The molecule has 1 amide bonds. The molecule has 118 valence electrons. The van der Waals surface area contributed by atoms with Gasteiger partial charge in [-0.15, -0.1) is 11.3 Å². The summed E-state index contributed by atoms with van der Waals surface area (Å²) in [4.78, 5) is 24.6. The summed E-state index contributed by atoms with van der Waals surface area (Å²) < 4.78 is 0.568. The van der Waals surface area contributed by atoms with E-state index in [0.29, 0.717) is 20.0 Å². The standard InChI is InChI=1S/C15H12ClN3O3S/c16-12-6-5-11(23-12)10(20)7-17-15(22)13-8-3-1-2-4-9(8)14(21)19-18-13/h1-6,10,20H,7H2,(H,17,22)(H,19,21)/t10-/m1/s1. The van der Waals surface area contributed by atoms with Crippen LogP contribution in [0.3, 0.4) is 0 Å². The number of hydrogen-bond acceptors (Lipinski definition) is 5. The van der Waals surface area contributed by atoms with Gasteiger partial charge in [0.25, 0.3) is 11.5 Å². The van der Waals surface area contributed by atoms with Crippen LogP contribution in [0.25, 0.3) is 10.8 Å². The molecule has 0 bridgehead atoms. The number of aromatic amines is 1. The van der Waals surface area contributed by atoms with Crippen molar-refractivity contribution in [2.24, 2.45) is 0 Å². The Bertz CT molecular complexity index is 921. The molecule has 0 saturated heterocycles. The Hall–Kier alpha value is -2.22. The van der Waals surface area contributed by atoms with Crippen LogP contribution >= 0.6 is 22.9 Å². The van der Waals surface area contributed by atoms with Crippen molar-refractivity contribution >= 4 is 39.6 Å². The number of amides is 1.